The van der Waals surface area contributed by atoms with Crippen molar-refractivity contribution < 1.29 is 19.1 Å². The highest BCUT2D eigenvalue weighted by Gasteiger charge is 2.33. The lowest BCUT2D eigenvalue weighted by atomic mass is 9.99. The second-order valence-corrected chi connectivity index (χ2v) is 11.5. The largest absolute Gasteiger partial charge is 0.486 e. The van der Waals surface area contributed by atoms with Crippen LogP contribution in [-0.2, 0) is 29.0 Å². The Morgan fingerprint density at radius 1 is 0.897 bits per heavy atom. The Labute approximate surface area is 240 Å². The summed E-state index contributed by atoms with van der Waals surface area (Å²) >= 11 is 13.0. The molecule has 1 aliphatic heterocycles. The molecule has 4 rings (SSSR count). The molecule has 3 aromatic rings. The molecule has 1 atom stereocenters. The summed E-state index contributed by atoms with van der Waals surface area (Å²) in [4.78, 5) is 29.3. The number of aryl methyl sites for hydroxylation is 1. The standard InChI is InChI=1S/C31H34Cl2N2O4/c1-31(2,3)34-30(37)26(18-21-8-5-4-6-9-21)35(20-23-24(32)10-7-11-25(23)33)29(36)15-13-22-12-14-27-28(19-22)39-17-16-38-27/h4-12,14,19,26H,13,15-18,20H2,1-3H3,(H,34,37)/t26-/m0/s1. The Balaban J connectivity index is 1.65. The van der Waals surface area contributed by atoms with Gasteiger partial charge >= 0.3 is 0 Å². The molecule has 0 spiro atoms. The van der Waals surface area contributed by atoms with Gasteiger partial charge in [0, 0.05) is 40.5 Å². The fourth-order valence-corrected chi connectivity index (χ4v) is 5.02. The van der Waals surface area contributed by atoms with Crippen molar-refractivity contribution in [2.45, 2.75) is 58.2 Å². The quantitative estimate of drug-likeness (QED) is 0.331. The highest BCUT2D eigenvalue weighted by atomic mass is 35.5. The highest BCUT2D eigenvalue weighted by molar-refractivity contribution is 6.36. The molecular weight excluding hydrogens is 535 g/mol. The van der Waals surface area contributed by atoms with Crippen molar-refractivity contribution >= 4 is 35.0 Å². The molecule has 8 heteroatoms. The summed E-state index contributed by atoms with van der Waals surface area (Å²) in [7, 11) is 0. The number of ether oxygens (including phenoxy) is 2. The van der Waals surface area contributed by atoms with Crippen LogP contribution in [0.1, 0.15) is 43.9 Å². The maximum absolute atomic E-state index is 13.9. The van der Waals surface area contributed by atoms with E-state index in [4.69, 9.17) is 32.7 Å². The van der Waals surface area contributed by atoms with Crippen LogP contribution in [0.3, 0.4) is 0 Å². The molecule has 6 nitrogen and oxygen atoms in total. The fraction of sp³-hybridized carbons (Fsp3) is 0.355. The SMILES string of the molecule is CC(C)(C)NC(=O)[C@H](Cc1ccccc1)N(Cc1c(Cl)cccc1Cl)C(=O)CCc1ccc2c(c1)OCCO2. The summed E-state index contributed by atoms with van der Waals surface area (Å²) in [5.74, 6) is 0.971. The van der Waals surface area contributed by atoms with Crippen LogP contribution in [0.15, 0.2) is 66.7 Å². The first-order chi connectivity index (χ1) is 18.6. The first-order valence-electron chi connectivity index (χ1n) is 13.1. The molecule has 0 saturated carbocycles. The summed E-state index contributed by atoms with van der Waals surface area (Å²) in [6.45, 7) is 6.87. The van der Waals surface area contributed by atoms with Crippen LogP contribution in [0.5, 0.6) is 11.5 Å². The Hall–Kier alpha value is -3.22. The number of nitrogens with zero attached hydrogens (tertiary/aromatic N) is 1. The van der Waals surface area contributed by atoms with Gasteiger partial charge in [-0.2, -0.15) is 0 Å². The number of carbonyl (C=O) groups is 2. The molecule has 0 fully saturated rings. The Bertz CT molecular complexity index is 1290. The molecule has 39 heavy (non-hydrogen) atoms. The van der Waals surface area contributed by atoms with E-state index in [0.29, 0.717) is 53.2 Å². The van der Waals surface area contributed by atoms with E-state index in [-0.39, 0.29) is 24.8 Å². The molecule has 0 bridgehead atoms. The molecule has 1 heterocycles. The van der Waals surface area contributed by atoms with E-state index < -0.39 is 11.6 Å². The summed E-state index contributed by atoms with van der Waals surface area (Å²) in [5, 5.41) is 3.96. The van der Waals surface area contributed by atoms with E-state index in [2.05, 4.69) is 5.32 Å². The molecule has 0 saturated heterocycles. The van der Waals surface area contributed by atoms with Crippen molar-refractivity contribution in [3.63, 3.8) is 0 Å². The molecular formula is C31H34Cl2N2O4. The highest BCUT2D eigenvalue weighted by Crippen LogP contribution is 2.32. The van der Waals surface area contributed by atoms with Gasteiger partial charge in [0.15, 0.2) is 11.5 Å². The number of rotatable bonds is 9. The van der Waals surface area contributed by atoms with Gasteiger partial charge in [-0.1, -0.05) is 65.7 Å². The lowest BCUT2D eigenvalue weighted by molar-refractivity contribution is -0.141. The Morgan fingerprint density at radius 3 is 2.23 bits per heavy atom. The minimum Gasteiger partial charge on any atom is -0.486 e. The normalized spacial score (nSPS) is 13.5. The number of hydrogen-bond acceptors (Lipinski definition) is 4. The average molecular weight is 570 g/mol. The van der Waals surface area contributed by atoms with Crippen LogP contribution in [0.2, 0.25) is 10.0 Å². The summed E-state index contributed by atoms with van der Waals surface area (Å²) in [6.07, 6.45) is 1.01. The van der Waals surface area contributed by atoms with Gasteiger partial charge in [-0.15, -0.1) is 0 Å². The maximum atomic E-state index is 13.9. The first kappa shape index (κ1) is 28.8. The minimum absolute atomic E-state index is 0.105. The zero-order valence-electron chi connectivity index (χ0n) is 22.5. The predicted molar refractivity (Wildman–Crippen MR) is 155 cm³/mol. The van der Waals surface area contributed by atoms with Crippen LogP contribution >= 0.6 is 23.2 Å². The van der Waals surface area contributed by atoms with E-state index >= 15 is 0 Å². The van der Waals surface area contributed by atoms with Crippen molar-refractivity contribution in [3.8, 4) is 11.5 Å². The van der Waals surface area contributed by atoms with Gasteiger partial charge in [0.2, 0.25) is 11.8 Å². The molecule has 0 unspecified atom stereocenters. The van der Waals surface area contributed by atoms with E-state index in [9.17, 15) is 9.59 Å². The molecule has 0 radical (unpaired) electrons. The van der Waals surface area contributed by atoms with Crippen molar-refractivity contribution in [1.82, 2.24) is 10.2 Å². The van der Waals surface area contributed by atoms with Gasteiger partial charge in [0.1, 0.15) is 19.3 Å². The van der Waals surface area contributed by atoms with Gasteiger partial charge in [-0.25, -0.2) is 0 Å². The summed E-state index contributed by atoms with van der Waals surface area (Å²) in [6, 6.07) is 19.9. The van der Waals surface area contributed by atoms with Crippen LogP contribution in [0, 0.1) is 0 Å². The van der Waals surface area contributed by atoms with Crippen LogP contribution in [0.25, 0.3) is 0 Å². The number of carbonyl (C=O) groups excluding carboxylic acids is 2. The number of hydrogen-bond donors (Lipinski definition) is 1. The van der Waals surface area contributed by atoms with Crippen molar-refractivity contribution in [3.05, 3.63) is 93.5 Å². The molecule has 1 aliphatic rings. The molecule has 3 aromatic carbocycles. The van der Waals surface area contributed by atoms with Crippen LogP contribution < -0.4 is 14.8 Å². The van der Waals surface area contributed by atoms with Gasteiger partial charge in [-0.05, 0) is 62.6 Å². The minimum atomic E-state index is -0.772. The van der Waals surface area contributed by atoms with E-state index in [0.717, 1.165) is 11.1 Å². The third kappa shape index (κ3) is 7.90. The van der Waals surface area contributed by atoms with Crippen molar-refractivity contribution in [1.29, 1.82) is 0 Å². The molecule has 1 N–H and O–H groups in total. The van der Waals surface area contributed by atoms with E-state index in [1.54, 1.807) is 23.1 Å². The smallest absolute Gasteiger partial charge is 0.243 e. The van der Waals surface area contributed by atoms with Crippen molar-refractivity contribution in [2.24, 2.45) is 0 Å². The average Bonchev–Trinajstić information content (AvgIpc) is 2.90. The molecule has 206 valence electrons. The van der Waals surface area contributed by atoms with Gasteiger partial charge in [0.05, 0.1) is 0 Å². The Morgan fingerprint density at radius 2 is 1.56 bits per heavy atom. The van der Waals surface area contributed by atoms with Crippen LogP contribution in [0.4, 0.5) is 0 Å². The molecule has 0 aromatic heterocycles. The van der Waals surface area contributed by atoms with E-state index in [1.165, 1.54) is 0 Å². The number of benzene rings is 3. The van der Waals surface area contributed by atoms with Gasteiger partial charge < -0.3 is 19.7 Å². The van der Waals surface area contributed by atoms with Gasteiger partial charge in [-0.3, -0.25) is 9.59 Å². The summed E-state index contributed by atoms with van der Waals surface area (Å²) < 4.78 is 11.3. The summed E-state index contributed by atoms with van der Waals surface area (Å²) in [5.41, 5.74) is 2.02. The second kappa shape index (κ2) is 12.8. The maximum Gasteiger partial charge on any atom is 0.243 e. The molecule has 2 amide bonds. The fourth-order valence-electron chi connectivity index (χ4n) is 4.50. The van der Waals surface area contributed by atoms with E-state index in [1.807, 2.05) is 69.3 Å². The lowest BCUT2D eigenvalue weighted by Crippen LogP contribution is -2.54. The predicted octanol–water partition coefficient (Wildman–Crippen LogP) is 6.25. The monoisotopic (exact) mass is 568 g/mol. The number of amides is 2. The number of nitrogens with one attached hydrogen (secondary N) is 1. The van der Waals surface area contributed by atoms with Gasteiger partial charge in [0.25, 0.3) is 0 Å². The Kier molecular flexibility index (Phi) is 9.41. The zero-order chi connectivity index (χ0) is 28.0. The number of fused-ring (bicyclic) bond motifs is 1. The lowest BCUT2D eigenvalue weighted by Gasteiger charge is -2.34. The van der Waals surface area contributed by atoms with Crippen molar-refractivity contribution in [2.75, 3.05) is 13.2 Å². The zero-order valence-corrected chi connectivity index (χ0v) is 24.0. The van der Waals surface area contributed by atoms with Crippen LogP contribution in [-0.4, -0.2) is 41.5 Å². The third-order valence-corrected chi connectivity index (χ3v) is 7.10. The first-order valence-corrected chi connectivity index (χ1v) is 13.8. The second-order valence-electron chi connectivity index (χ2n) is 10.6. The number of halogens is 2. The topological polar surface area (TPSA) is 67.9 Å². The third-order valence-electron chi connectivity index (χ3n) is 6.39. The molecule has 0 aliphatic carbocycles.